The molecule has 0 radical (unpaired) electrons. The van der Waals surface area contributed by atoms with Gasteiger partial charge in [0.05, 0.1) is 22.8 Å². The molecule has 242 valence electrons. The molecule has 2 aliphatic rings. The maximum absolute atomic E-state index is 5.22. The van der Waals surface area contributed by atoms with E-state index in [-0.39, 0.29) is 42.7 Å². The second kappa shape index (κ2) is 17.7. The summed E-state index contributed by atoms with van der Waals surface area (Å²) < 4.78 is 2.57. The van der Waals surface area contributed by atoms with E-state index in [1.165, 1.54) is 61.0 Å². The van der Waals surface area contributed by atoms with E-state index in [4.69, 9.17) is 9.97 Å². The van der Waals surface area contributed by atoms with Crippen LogP contribution in [-0.2, 0) is 45.1 Å². The monoisotopic (exact) mass is 730 g/mol. The minimum Gasteiger partial charge on any atom is -1.00 e. The molecule has 8 bridgehead atoms. The Morgan fingerprint density at radius 3 is 1.56 bits per heavy atom. The third-order valence-electron chi connectivity index (χ3n) is 8.86. The number of H-pyrrole nitrogens is 1. The molecule has 0 aromatic carbocycles. The summed E-state index contributed by atoms with van der Waals surface area (Å²) in [5, 5.41) is 0. The second-order valence-electron chi connectivity index (χ2n) is 10.8. The quantitative estimate of drug-likeness (QED) is 0.155. The molecule has 9 heteroatoms. The van der Waals surface area contributed by atoms with Crippen LogP contribution in [0.5, 0.6) is 0 Å². The van der Waals surface area contributed by atoms with Crippen LogP contribution < -0.4 is 18.8 Å². The van der Waals surface area contributed by atoms with Gasteiger partial charge in [0, 0.05) is 34.2 Å². The Labute approximate surface area is 282 Å². The molecule has 2 aliphatic heterocycles. The molecule has 0 saturated heterocycles. The summed E-state index contributed by atoms with van der Waals surface area (Å²) in [4.78, 5) is 14.3. The van der Waals surface area contributed by atoms with Crippen molar-refractivity contribution in [1.82, 2.24) is 19.5 Å². The van der Waals surface area contributed by atoms with Gasteiger partial charge >= 0.3 is 23.9 Å². The molecule has 0 fully saturated rings. The molecule has 0 unspecified atom stereocenters. The molecule has 3 aromatic rings. The van der Waals surface area contributed by atoms with Crippen LogP contribution in [0.2, 0.25) is 0 Å². The molecule has 5 heterocycles. The Balaban J connectivity index is 0.00000387. The van der Waals surface area contributed by atoms with Crippen LogP contribution in [0, 0.1) is 0 Å². The first-order valence-electron chi connectivity index (χ1n) is 15.7. The van der Waals surface area contributed by atoms with Gasteiger partial charge in [0.15, 0.2) is 0 Å². The van der Waals surface area contributed by atoms with E-state index in [9.17, 15) is 0 Å². The zero-order valence-corrected chi connectivity index (χ0v) is 30.8. The van der Waals surface area contributed by atoms with Crippen molar-refractivity contribution in [3.05, 3.63) is 68.3 Å². The van der Waals surface area contributed by atoms with Crippen molar-refractivity contribution in [2.75, 3.05) is 0 Å². The van der Waals surface area contributed by atoms with Crippen LogP contribution in [0.4, 0.5) is 0 Å². The number of nitrogens with one attached hydrogen (secondary N) is 1. The summed E-state index contributed by atoms with van der Waals surface area (Å²) >= 11 is 0. The minimum atomic E-state index is 0. The van der Waals surface area contributed by atoms with Gasteiger partial charge in [-0.25, -0.2) is 9.97 Å². The number of halogens is 4. The number of rotatable bonds is 8. The number of hydrogen-bond donors (Lipinski definition) is 1. The molecule has 0 atom stereocenters. The van der Waals surface area contributed by atoms with Crippen molar-refractivity contribution < 1.29 is 18.8 Å². The van der Waals surface area contributed by atoms with Gasteiger partial charge in [0.2, 0.25) is 0 Å². The Kier molecular flexibility index (Phi) is 16.6. The number of aryl methyl sites for hydroxylation is 7. The summed E-state index contributed by atoms with van der Waals surface area (Å²) in [5.41, 5.74) is 19.4. The van der Waals surface area contributed by atoms with Crippen LogP contribution in [0.1, 0.15) is 118 Å². The van der Waals surface area contributed by atoms with Crippen molar-refractivity contribution in [1.29, 1.82) is 0 Å². The summed E-state index contributed by atoms with van der Waals surface area (Å²) in [6.45, 7) is 19.3. The van der Waals surface area contributed by atoms with Gasteiger partial charge in [-0.15, -0.1) is 0 Å². The first-order valence-corrected chi connectivity index (χ1v) is 15.7. The standard InChI is InChI=1S/C36H46N4.4FH.Sn/c1-9-22-19-25-20-23-17-18-24(37-23)21-32-26(10-2)29(13-5)36(40(32)16-8)31(15-7)35-28(12-4)27(11-3)34(39-35)30(14-6)33(22)38-25;;;;;/h17-21,39H,9-16H2,1-8H3;4*1H;/q;;;;;+4/p-4. The van der Waals surface area contributed by atoms with Crippen molar-refractivity contribution in [2.24, 2.45) is 0 Å². The smallest absolute Gasteiger partial charge is 1.00 e. The fourth-order valence-corrected chi connectivity index (χ4v) is 7.09. The van der Waals surface area contributed by atoms with E-state index in [1.807, 2.05) is 0 Å². The van der Waals surface area contributed by atoms with Gasteiger partial charge in [-0.3, -0.25) is 0 Å². The summed E-state index contributed by atoms with van der Waals surface area (Å²) in [5.74, 6) is 0. The largest absolute Gasteiger partial charge is 4.00 e. The Bertz CT molecular complexity index is 1700. The molecule has 0 amide bonds. The molecule has 0 spiro atoms. The van der Waals surface area contributed by atoms with Crippen LogP contribution in [-0.4, -0.2) is 43.4 Å². The Morgan fingerprint density at radius 1 is 0.556 bits per heavy atom. The van der Waals surface area contributed by atoms with Gasteiger partial charge in [0.1, 0.15) is 0 Å². The Morgan fingerprint density at radius 2 is 1.07 bits per heavy atom. The molecular formula is C36H46F4N4Sn. The van der Waals surface area contributed by atoms with Crippen molar-refractivity contribution in [3.63, 3.8) is 0 Å². The number of hydrogen-bond acceptors (Lipinski definition) is 2. The fourth-order valence-electron chi connectivity index (χ4n) is 7.09. The van der Waals surface area contributed by atoms with Crippen molar-refractivity contribution in [2.45, 2.75) is 107 Å². The molecule has 1 N–H and O–H groups in total. The zero-order chi connectivity index (χ0) is 28.6. The van der Waals surface area contributed by atoms with Crippen molar-refractivity contribution >= 4 is 69.8 Å². The van der Waals surface area contributed by atoms with E-state index >= 15 is 0 Å². The summed E-state index contributed by atoms with van der Waals surface area (Å²) in [7, 11) is 0. The average molecular weight is 729 g/mol. The predicted octanol–water partition coefficient (Wildman–Crippen LogP) is -3.06. The predicted molar refractivity (Wildman–Crippen MR) is 179 cm³/mol. The SMILES string of the molecule is CCC1=Cc2cc3nc(cc4c(CC)c(CC)c(c(CC)c5[nH]c(c(CC)c1n2)c(CC)c5CC)n4CC)C=C3.[F-].[F-].[F-].[F-].[Sn+4]. The van der Waals surface area contributed by atoms with E-state index in [2.05, 4.69) is 95.3 Å². The van der Waals surface area contributed by atoms with Crippen LogP contribution >= 0.6 is 0 Å². The Hall–Kier alpha value is -2.88. The topological polar surface area (TPSA) is 46.5 Å². The summed E-state index contributed by atoms with van der Waals surface area (Å²) in [6.07, 6.45) is 13.5. The zero-order valence-electron chi connectivity index (χ0n) is 27.9. The molecule has 4 nitrogen and oxygen atoms in total. The molecule has 45 heavy (non-hydrogen) atoms. The first-order chi connectivity index (χ1) is 19.5. The third kappa shape index (κ3) is 7.10. The summed E-state index contributed by atoms with van der Waals surface area (Å²) in [6, 6.07) is 4.45. The van der Waals surface area contributed by atoms with Crippen LogP contribution in [0.25, 0.3) is 45.9 Å². The minimum absolute atomic E-state index is 0. The van der Waals surface area contributed by atoms with Gasteiger partial charge in [-0.05, 0) is 116 Å². The number of nitrogens with zero attached hydrogens (tertiary/aromatic N) is 3. The van der Waals surface area contributed by atoms with Gasteiger partial charge < -0.3 is 28.4 Å². The van der Waals surface area contributed by atoms with Gasteiger partial charge in [-0.2, -0.15) is 0 Å². The molecule has 0 aliphatic carbocycles. The maximum atomic E-state index is 5.22. The normalized spacial score (nSPS) is 11.4. The van der Waals surface area contributed by atoms with E-state index in [0.29, 0.717) is 0 Å². The number of allylic oxidation sites excluding steroid dienone is 1. The van der Waals surface area contributed by atoms with Gasteiger partial charge in [0.25, 0.3) is 0 Å². The van der Waals surface area contributed by atoms with E-state index in [0.717, 1.165) is 74.3 Å². The van der Waals surface area contributed by atoms with Crippen molar-refractivity contribution in [3.8, 4) is 0 Å². The maximum Gasteiger partial charge on any atom is 4.00 e. The molecule has 0 saturated carbocycles. The molecular weight excluding hydrogens is 683 g/mol. The fraction of sp³-hybridized carbons (Fsp3) is 0.444. The van der Waals surface area contributed by atoms with Gasteiger partial charge in [-0.1, -0.05) is 48.5 Å². The van der Waals surface area contributed by atoms with E-state index < -0.39 is 0 Å². The number of aromatic amines is 1. The third-order valence-corrected chi connectivity index (χ3v) is 8.86. The molecule has 3 aromatic heterocycles. The number of aromatic nitrogens is 4. The first kappa shape index (κ1) is 42.1. The van der Waals surface area contributed by atoms with E-state index in [1.54, 1.807) is 0 Å². The molecule has 5 rings (SSSR count). The number of fused-ring (bicyclic) bond motifs is 8. The second-order valence-corrected chi connectivity index (χ2v) is 10.8. The van der Waals surface area contributed by atoms with Crippen LogP contribution in [0.3, 0.4) is 0 Å². The average Bonchev–Trinajstić information content (AvgIpc) is 3.73. The van der Waals surface area contributed by atoms with Crippen LogP contribution in [0.15, 0.2) is 12.1 Å².